The summed E-state index contributed by atoms with van der Waals surface area (Å²) < 4.78 is 0. The molecule has 1 rings (SSSR count). The van der Waals surface area contributed by atoms with Crippen molar-refractivity contribution < 1.29 is 0 Å². The van der Waals surface area contributed by atoms with Gasteiger partial charge in [-0.2, -0.15) is 0 Å². The fraction of sp³-hybridized carbons (Fsp3) is 0.308. The first-order valence-corrected chi connectivity index (χ1v) is 5.36. The van der Waals surface area contributed by atoms with Gasteiger partial charge in [0.2, 0.25) is 0 Å². The van der Waals surface area contributed by atoms with E-state index < -0.39 is 0 Å². The average Bonchev–Trinajstić information content (AvgIpc) is 2.28. The Balaban J connectivity index is 0.00000225. The molecule has 0 fully saturated rings. The van der Waals surface area contributed by atoms with Gasteiger partial charge < -0.3 is 5.73 Å². The molecule has 0 saturated heterocycles. The lowest BCUT2D eigenvalue weighted by Crippen LogP contribution is -2.08. The van der Waals surface area contributed by atoms with Gasteiger partial charge in [-0.3, -0.25) is 4.99 Å². The summed E-state index contributed by atoms with van der Waals surface area (Å²) in [5.74, 6) is 0.604. The van der Waals surface area contributed by atoms with Crippen molar-refractivity contribution in [2.45, 2.75) is 19.8 Å². The number of nitrogens with two attached hydrogens (primary N) is 1. The molecule has 0 amide bonds. The topological polar surface area (TPSA) is 38.4 Å². The molecular formula is C13H19ClN2. The second kappa shape index (κ2) is 8.98. The van der Waals surface area contributed by atoms with Gasteiger partial charge in [-0.05, 0) is 18.1 Å². The van der Waals surface area contributed by atoms with Crippen molar-refractivity contribution in [1.82, 2.24) is 0 Å². The minimum Gasteiger partial charge on any atom is -0.384 e. The lowest BCUT2D eigenvalue weighted by atomic mass is 10.2. The quantitative estimate of drug-likeness (QED) is 0.477. The van der Waals surface area contributed by atoms with Gasteiger partial charge in [-0.15, -0.1) is 12.4 Å². The number of benzene rings is 1. The first-order chi connectivity index (χ1) is 7.33. The summed E-state index contributed by atoms with van der Waals surface area (Å²) in [4.78, 5) is 4.24. The predicted molar refractivity (Wildman–Crippen MR) is 74.1 cm³/mol. The SMILES string of the molecule is CCCCN=C(N)/C=C/c1ccccc1.Cl. The number of halogens is 1. The van der Waals surface area contributed by atoms with E-state index in [1.807, 2.05) is 42.5 Å². The van der Waals surface area contributed by atoms with Crippen LogP contribution in [0.15, 0.2) is 41.4 Å². The monoisotopic (exact) mass is 238 g/mol. The predicted octanol–water partition coefficient (Wildman–Crippen LogP) is 3.28. The molecule has 3 heteroatoms. The summed E-state index contributed by atoms with van der Waals surface area (Å²) in [6.45, 7) is 2.97. The Kier molecular flexibility index (Phi) is 8.26. The molecule has 0 saturated carbocycles. The van der Waals surface area contributed by atoms with Gasteiger partial charge in [0.15, 0.2) is 0 Å². The van der Waals surface area contributed by atoms with Crippen molar-refractivity contribution in [2.75, 3.05) is 6.54 Å². The number of amidine groups is 1. The number of nitrogens with zero attached hydrogens (tertiary/aromatic N) is 1. The third-order valence-corrected chi connectivity index (χ3v) is 2.05. The van der Waals surface area contributed by atoms with Crippen molar-refractivity contribution in [3.05, 3.63) is 42.0 Å². The van der Waals surface area contributed by atoms with Crippen LogP contribution in [0, 0.1) is 0 Å². The van der Waals surface area contributed by atoms with Crippen LogP contribution in [-0.4, -0.2) is 12.4 Å². The lowest BCUT2D eigenvalue weighted by Gasteiger charge is -1.94. The third kappa shape index (κ3) is 6.25. The number of hydrogen-bond donors (Lipinski definition) is 1. The van der Waals surface area contributed by atoms with Crippen molar-refractivity contribution in [2.24, 2.45) is 10.7 Å². The highest BCUT2D eigenvalue weighted by molar-refractivity contribution is 5.95. The van der Waals surface area contributed by atoms with Gasteiger partial charge in [0.1, 0.15) is 5.84 Å². The summed E-state index contributed by atoms with van der Waals surface area (Å²) in [5.41, 5.74) is 6.87. The Morgan fingerprint density at radius 1 is 1.31 bits per heavy atom. The van der Waals surface area contributed by atoms with Gasteiger partial charge in [0.05, 0.1) is 0 Å². The zero-order chi connectivity index (χ0) is 10.9. The van der Waals surface area contributed by atoms with Gasteiger partial charge in [-0.25, -0.2) is 0 Å². The molecule has 0 aromatic heterocycles. The Morgan fingerprint density at radius 2 is 2.00 bits per heavy atom. The summed E-state index contributed by atoms with van der Waals surface area (Å²) >= 11 is 0. The lowest BCUT2D eigenvalue weighted by molar-refractivity contribution is 0.808. The van der Waals surface area contributed by atoms with Crippen LogP contribution in [0.25, 0.3) is 6.08 Å². The van der Waals surface area contributed by atoms with Crippen LogP contribution in [-0.2, 0) is 0 Å². The number of aliphatic imine (C=N–C) groups is 1. The van der Waals surface area contributed by atoms with Crippen molar-refractivity contribution >= 4 is 24.3 Å². The van der Waals surface area contributed by atoms with Gasteiger partial charge >= 0.3 is 0 Å². The molecule has 0 radical (unpaired) electrons. The van der Waals surface area contributed by atoms with E-state index in [0.717, 1.165) is 24.9 Å². The van der Waals surface area contributed by atoms with E-state index in [1.165, 1.54) is 0 Å². The van der Waals surface area contributed by atoms with Crippen LogP contribution < -0.4 is 5.73 Å². The summed E-state index contributed by atoms with van der Waals surface area (Å²) in [6.07, 6.45) is 6.08. The molecule has 1 aromatic rings. The van der Waals surface area contributed by atoms with Crippen LogP contribution in [0.1, 0.15) is 25.3 Å². The van der Waals surface area contributed by atoms with Crippen LogP contribution >= 0.6 is 12.4 Å². The largest absolute Gasteiger partial charge is 0.384 e. The van der Waals surface area contributed by atoms with E-state index in [1.54, 1.807) is 0 Å². The molecule has 0 atom stereocenters. The molecule has 0 unspecified atom stereocenters. The van der Waals surface area contributed by atoms with E-state index in [0.29, 0.717) is 5.84 Å². The van der Waals surface area contributed by atoms with Gasteiger partial charge in [0, 0.05) is 6.54 Å². The number of hydrogen-bond acceptors (Lipinski definition) is 1. The molecule has 0 bridgehead atoms. The van der Waals surface area contributed by atoms with Crippen molar-refractivity contribution in [1.29, 1.82) is 0 Å². The fourth-order valence-corrected chi connectivity index (χ4v) is 1.16. The van der Waals surface area contributed by atoms with E-state index in [9.17, 15) is 0 Å². The third-order valence-electron chi connectivity index (χ3n) is 2.05. The van der Waals surface area contributed by atoms with E-state index >= 15 is 0 Å². The average molecular weight is 239 g/mol. The molecular weight excluding hydrogens is 220 g/mol. The maximum atomic E-state index is 5.73. The molecule has 16 heavy (non-hydrogen) atoms. The van der Waals surface area contributed by atoms with Crippen LogP contribution in [0.2, 0.25) is 0 Å². The van der Waals surface area contributed by atoms with Gasteiger partial charge in [-0.1, -0.05) is 49.8 Å². The Hall–Kier alpha value is -1.28. The van der Waals surface area contributed by atoms with Crippen molar-refractivity contribution in [3.8, 4) is 0 Å². The molecule has 0 aliphatic heterocycles. The summed E-state index contributed by atoms with van der Waals surface area (Å²) in [6, 6.07) is 10.1. The van der Waals surface area contributed by atoms with E-state index in [-0.39, 0.29) is 12.4 Å². The Morgan fingerprint density at radius 3 is 2.62 bits per heavy atom. The normalized spacial score (nSPS) is 11.4. The Labute approximate surface area is 104 Å². The van der Waals surface area contributed by atoms with Gasteiger partial charge in [0.25, 0.3) is 0 Å². The molecule has 0 heterocycles. The second-order valence-electron chi connectivity index (χ2n) is 3.40. The maximum absolute atomic E-state index is 5.73. The van der Waals surface area contributed by atoms with Crippen LogP contribution in [0.3, 0.4) is 0 Å². The highest BCUT2D eigenvalue weighted by atomic mass is 35.5. The zero-order valence-corrected chi connectivity index (χ0v) is 10.4. The molecule has 0 aliphatic carbocycles. The molecule has 1 aromatic carbocycles. The zero-order valence-electron chi connectivity index (χ0n) is 9.60. The second-order valence-corrected chi connectivity index (χ2v) is 3.40. The molecule has 2 N–H and O–H groups in total. The smallest absolute Gasteiger partial charge is 0.118 e. The highest BCUT2D eigenvalue weighted by Gasteiger charge is 1.86. The molecule has 0 spiro atoms. The number of unbranched alkanes of at least 4 members (excludes halogenated alkanes) is 1. The minimum atomic E-state index is 0. The summed E-state index contributed by atoms with van der Waals surface area (Å²) in [7, 11) is 0. The standard InChI is InChI=1S/C13H18N2.ClH/c1-2-3-11-15-13(14)10-9-12-7-5-4-6-8-12;/h4-10H,2-3,11H2,1H3,(H2,14,15);1H/b10-9+;. The highest BCUT2D eigenvalue weighted by Crippen LogP contribution is 2.00. The van der Waals surface area contributed by atoms with Crippen LogP contribution in [0.5, 0.6) is 0 Å². The van der Waals surface area contributed by atoms with Crippen molar-refractivity contribution in [3.63, 3.8) is 0 Å². The first kappa shape index (κ1) is 14.7. The van der Waals surface area contributed by atoms with Crippen LogP contribution in [0.4, 0.5) is 0 Å². The Bertz CT molecular complexity index is 331. The van der Waals surface area contributed by atoms with E-state index in [4.69, 9.17) is 5.73 Å². The van der Waals surface area contributed by atoms with E-state index in [2.05, 4.69) is 11.9 Å². The first-order valence-electron chi connectivity index (χ1n) is 5.36. The minimum absolute atomic E-state index is 0. The fourth-order valence-electron chi connectivity index (χ4n) is 1.16. The molecule has 0 aliphatic rings. The summed E-state index contributed by atoms with van der Waals surface area (Å²) in [5, 5.41) is 0. The molecule has 2 nitrogen and oxygen atoms in total. The number of rotatable bonds is 5. The maximum Gasteiger partial charge on any atom is 0.118 e. The molecule has 88 valence electrons.